The van der Waals surface area contributed by atoms with E-state index in [1.807, 2.05) is 0 Å². The number of hydrogen-bond donors (Lipinski definition) is 0. The Morgan fingerprint density at radius 1 is 1.67 bits per heavy atom. The lowest BCUT2D eigenvalue weighted by molar-refractivity contribution is 0.508. The summed E-state index contributed by atoms with van der Waals surface area (Å²) in [6.07, 6.45) is 1.24. The van der Waals surface area contributed by atoms with Gasteiger partial charge < -0.3 is 4.42 Å². The lowest BCUT2D eigenvalue weighted by Crippen LogP contribution is -2.00. The van der Waals surface area contributed by atoms with Crippen molar-refractivity contribution < 1.29 is 4.42 Å². The molecule has 0 radical (unpaired) electrons. The second kappa shape index (κ2) is 2.14. The molecule has 0 bridgehead atoms. The van der Waals surface area contributed by atoms with Crippen LogP contribution in [0, 0.1) is 11.3 Å². The average Bonchev–Trinajstić information content (AvgIpc) is 1.89. The van der Waals surface area contributed by atoms with Gasteiger partial charge in [-0.25, -0.2) is 4.79 Å². The van der Waals surface area contributed by atoms with Crippen molar-refractivity contribution in [2.45, 2.75) is 0 Å². The topological polar surface area (TPSA) is 54.0 Å². The zero-order valence-electron chi connectivity index (χ0n) is 4.50. The van der Waals surface area contributed by atoms with Gasteiger partial charge in [0.25, 0.3) is 0 Å². The Balaban J connectivity index is 3.38. The zero-order chi connectivity index (χ0) is 6.69. The van der Waals surface area contributed by atoms with Crippen molar-refractivity contribution in [1.29, 1.82) is 5.26 Å². The molecule has 1 aromatic heterocycles. The molecule has 0 amide bonds. The molecule has 0 aliphatic carbocycles. The lowest BCUT2D eigenvalue weighted by Gasteiger charge is -1.79. The van der Waals surface area contributed by atoms with Gasteiger partial charge in [0.1, 0.15) is 11.6 Å². The van der Waals surface area contributed by atoms with Crippen LogP contribution in [0.1, 0.15) is 5.56 Å². The molecule has 3 heteroatoms. The van der Waals surface area contributed by atoms with Gasteiger partial charge in [0.15, 0.2) is 0 Å². The molecule has 0 spiro atoms. The van der Waals surface area contributed by atoms with Gasteiger partial charge in [-0.3, -0.25) is 0 Å². The van der Waals surface area contributed by atoms with Gasteiger partial charge in [-0.1, -0.05) is 0 Å². The minimum Gasteiger partial charge on any atom is -0.430 e. The fraction of sp³-hybridized carbons (Fsp3) is 0. The van der Waals surface area contributed by atoms with Crippen LogP contribution in [0.5, 0.6) is 0 Å². The second-order valence-electron chi connectivity index (χ2n) is 1.43. The van der Waals surface area contributed by atoms with E-state index in [0.717, 1.165) is 0 Å². The average molecular weight is 121 g/mol. The SMILES string of the molecule is N#Cc1cccoc1=O. The van der Waals surface area contributed by atoms with Crippen molar-refractivity contribution in [2.75, 3.05) is 0 Å². The molecule has 9 heavy (non-hydrogen) atoms. The summed E-state index contributed by atoms with van der Waals surface area (Å²) >= 11 is 0. The van der Waals surface area contributed by atoms with E-state index >= 15 is 0 Å². The Labute approximate surface area is 51.2 Å². The third kappa shape index (κ3) is 0.970. The molecule has 44 valence electrons. The van der Waals surface area contributed by atoms with E-state index in [4.69, 9.17) is 5.26 Å². The van der Waals surface area contributed by atoms with Crippen molar-refractivity contribution in [2.24, 2.45) is 0 Å². The second-order valence-corrected chi connectivity index (χ2v) is 1.43. The summed E-state index contributed by atoms with van der Waals surface area (Å²) in [5.74, 6) is 0. The molecule has 0 atom stereocenters. The van der Waals surface area contributed by atoms with Crippen LogP contribution in [0.2, 0.25) is 0 Å². The molecule has 1 aromatic rings. The number of nitrogens with zero attached hydrogens (tertiary/aromatic N) is 1. The third-order valence-electron chi connectivity index (χ3n) is 0.857. The molecular weight excluding hydrogens is 118 g/mol. The molecule has 0 fully saturated rings. The highest BCUT2D eigenvalue weighted by Crippen LogP contribution is 1.85. The Kier molecular flexibility index (Phi) is 1.32. The third-order valence-corrected chi connectivity index (χ3v) is 0.857. The first-order valence-electron chi connectivity index (χ1n) is 2.32. The first-order chi connectivity index (χ1) is 4.34. The van der Waals surface area contributed by atoms with E-state index in [9.17, 15) is 4.79 Å². The van der Waals surface area contributed by atoms with Crippen LogP contribution in [0.4, 0.5) is 0 Å². The maximum atomic E-state index is 10.5. The molecule has 0 aromatic carbocycles. The van der Waals surface area contributed by atoms with Gasteiger partial charge in [0.2, 0.25) is 0 Å². The normalized spacial score (nSPS) is 8.33. The summed E-state index contributed by atoms with van der Waals surface area (Å²) in [6.45, 7) is 0. The highest BCUT2D eigenvalue weighted by Gasteiger charge is 1.93. The van der Waals surface area contributed by atoms with Crippen LogP contribution in [-0.2, 0) is 0 Å². The lowest BCUT2D eigenvalue weighted by atomic mass is 10.3. The largest absolute Gasteiger partial charge is 0.430 e. The van der Waals surface area contributed by atoms with Gasteiger partial charge in [0.05, 0.1) is 6.26 Å². The smallest absolute Gasteiger partial charge is 0.353 e. The van der Waals surface area contributed by atoms with Gasteiger partial charge >= 0.3 is 5.63 Å². The Bertz CT molecular complexity index is 294. The fourth-order valence-corrected chi connectivity index (χ4v) is 0.451. The monoisotopic (exact) mass is 121 g/mol. The van der Waals surface area contributed by atoms with Crippen LogP contribution in [0.25, 0.3) is 0 Å². The predicted octanol–water partition coefficient (Wildman–Crippen LogP) is 0.511. The number of rotatable bonds is 0. The number of nitriles is 1. The van der Waals surface area contributed by atoms with E-state index in [1.165, 1.54) is 18.4 Å². The molecule has 0 N–H and O–H groups in total. The summed E-state index contributed by atoms with van der Waals surface area (Å²) in [4.78, 5) is 10.5. The summed E-state index contributed by atoms with van der Waals surface area (Å²) in [5.41, 5.74) is -0.544. The van der Waals surface area contributed by atoms with Crippen molar-refractivity contribution in [1.82, 2.24) is 0 Å². The Hall–Kier alpha value is -1.56. The maximum Gasteiger partial charge on any atom is 0.353 e. The Morgan fingerprint density at radius 3 is 2.89 bits per heavy atom. The molecule has 0 aliphatic heterocycles. The van der Waals surface area contributed by atoms with Crippen molar-refractivity contribution in [3.63, 3.8) is 0 Å². The molecule has 0 saturated heterocycles. The molecule has 0 aliphatic rings. The summed E-state index contributed by atoms with van der Waals surface area (Å²) in [5, 5.41) is 8.21. The minimum absolute atomic E-state index is 0.0394. The summed E-state index contributed by atoms with van der Waals surface area (Å²) < 4.78 is 4.37. The first-order valence-corrected chi connectivity index (χ1v) is 2.32. The highest BCUT2D eigenvalue weighted by atomic mass is 16.4. The van der Waals surface area contributed by atoms with E-state index in [1.54, 1.807) is 6.07 Å². The molecule has 3 nitrogen and oxygen atoms in total. The van der Waals surface area contributed by atoms with Crippen molar-refractivity contribution in [3.05, 3.63) is 34.4 Å². The molecule has 1 heterocycles. The van der Waals surface area contributed by atoms with E-state index in [0.29, 0.717) is 0 Å². The Morgan fingerprint density at radius 2 is 2.44 bits per heavy atom. The standard InChI is InChI=1S/C6H3NO2/c7-4-5-2-1-3-9-6(5)8/h1-3H. The number of hydrogen-bond acceptors (Lipinski definition) is 3. The molecule has 0 unspecified atom stereocenters. The van der Waals surface area contributed by atoms with Crippen LogP contribution in [0.3, 0.4) is 0 Å². The van der Waals surface area contributed by atoms with E-state index in [-0.39, 0.29) is 5.56 Å². The first kappa shape index (κ1) is 5.57. The maximum absolute atomic E-state index is 10.5. The van der Waals surface area contributed by atoms with Gasteiger partial charge in [-0.15, -0.1) is 0 Å². The van der Waals surface area contributed by atoms with Crippen LogP contribution >= 0.6 is 0 Å². The minimum atomic E-state index is -0.583. The van der Waals surface area contributed by atoms with Gasteiger partial charge in [0, 0.05) is 0 Å². The van der Waals surface area contributed by atoms with E-state index < -0.39 is 5.63 Å². The van der Waals surface area contributed by atoms with Crippen LogP contribution in [0.15, 0.2) is 27.6 Å². The predicted molar refractivity (Wildman–Crippen MR) is 29.7 cm³/mol. The van der Waals surface area contributed by atoms with Gasteiger partial charge in [-0.2, -0.15) is 5.26 Å². The van der Waals surface area contributed by atoms with Crippen molar-refractivity contribution in [3.8, 4) is 6.07 Å². The molecule has 1 rings (SSSR count). The van der Waals surface area contributed by atoms with Crippen LogP contribution in [-0.4, -0.2) is 0 Å². The quantitative estimate of drug-likeness (QED) is 0.502. The highest BCUT2D eigenvalue weighted by molar-refractivity contribution is 5.22. The van der Waals surface area contributed by atoms with Crippen molar-refractivity contribution >= 4 is 0 Å². The van der Waals surface area contributed by atoms with E-state index in [2.05, 4.69) is 4.42 Å². The fourth-order valence-electron chi connectivity index (χ4n) is 0.451. The van der Waals surface area contributed by atoms with Gasteiger partial charge in [-0.05, 0) is 12.1 Å². The zero-order valence-corrected chi connectivity index (χ0v) is 4.50. The summed E-state index contributed by atoms with van der Waals surface area (Å²) in [7, 11) is 0. The molecular formula is C6H3NO2. The van der Waals surface area contributed by atoms with Crippen LogP contribution < -0.4 is 5.63 Å². The molecule has 0 saturated carbocycles. The summed E-state index contributed by atoms with van der Waals surface area (Å²) in [6, 6.07) is 4.60.